The van der Waals surface area contributed by atoms with Crippen LogP contribution in [0.4, 0.5) is 0 Å². The van der Waals surface area contributed by atoms with Crippen LogP contribution in [0.15, 0.2) is 30.3 Å². The Labute approximate surface area is 133 Å². The predicted octanol–water partition coefficient (Wildman–Crippen LogP) is 1.56. The number of nitrogens with zero attached hydrogens (tertiary/aromatic N) is 1. The normalized spacial score (nSPS) is 24.5. The highest BCUT2D eigenvalue weighted by atomic mass is 16.2. The van der Waals surface area contributed by atoms with Crippen molar-refractivity contribution in [2.24, 2.45) is 0 Å². The molecule has 3 rings (SSSR count). The monoisotopic (exact) mass is 301 g/mol. The molecule has 1 aromatic rings. The van der Waals surface area contributed by atoms with E-state index in [1.54, 1.807) is 0 Å². The van der Waals surface area contributed by atoms with Crippen molar-refractivity contribution in [3.8, 4) is 0 Å². The highest BCUT2D eigenvalue weighted by molar-refractivity contribution is 5.82. The summed E-state index contributed by atoms with van der Waals surface area (Å²) in [5.41, 5.74) is 1.30. The summed E-state index contributed by atoms with van der Waals surface area (Å²) in [6.45, 7) is 3.74. The Morgan fingerprint density at radius 3 is 2.55 bits per heavy atom. The molecule has 2 saturated heterocycles. The van der Waals surface area contributed by atoms with Gasteiger partial charge in [-0.3, -0.25) is 4.79 Å². The molecule has 2 fully saturated rings. The smallest absolute Gasteiger partial charge is 0.239 e. The lowest BCUT2D eigenvalue weighted by Gasteiger charge is -2.28. The van der Waals surface area contributed by atoms with Gasteiger partial charge in [0.1, 0.15) is 0 Å². The standard InChI is InChI=1S/C18H27N3O/c22-18(17-9-5-12-20-17)21(14-16-8-4-11-19-16)13-10-15-6-2-1-3-7-15/h1-3,6-7,16-17,19-20H,4-5,8-14H2/t16-,17-/m0/s1. The van der Waals surface area contributed by atoms with Crippen LogP contribution in [0.3, 0.4) is 0 Å². The lowest BCUT2D eigenvalue weighted by atomic mass is 10.1. The Bertz CT molecular complexity index is 464. The largest absolute Gasteiger partial charge is 0.339 e. The van der Waals surface area contributed by atoms with Gasteiger partial charge in [-0.15, -0.1) is 0 Å². The van der Waals surface area contributed by atoms with Gasteiger partial charge in [0.2, 0.25) is 5.91 Å². The molecule has 2 heterocycles. The topological polar surface area (TPSA) is 44.4 Å². The van der Waals surface area contributed by atoms with Crippen LogP contribution in [0.5, 0.6) is 0 Å². The summed E-state index contributed by atoms with van der Waals surface area (Å²) in [7, 11) is 0. The van der Waals surface area contributed by atoms with Crippen molar-refractivity contribution >= 4 is 5.91 Å². The lowest BCUT2D eigenvalue weighted by Crippen LogP contribution is -2.48. The van der Waals surface area contributed by atoms with Crippen LogP contribution >= 0.6 is 0 Å². The number of nitrogens with one attached hydrogen (secondary N) is 2. The van der Waals surface area contributed by atoms with Gasteiger partial charge >= 0.3 is 0 Å². The molecular formula is C18H27N3O. The molecule has 1 amide bonds. The van der Waals surface area contributed by atoms with Gasteiger partial charge < -0.3 is 15.5 Å². The molecule has 120 valence electrons. The summed E-state index contributed by atoms with van der Waals surface area (Å²) in [5, 5.41) is 6.86. The average Bonchev–Trinajstić information content (AvgIpc) is 3.25. The average molecular weight is 301 g/mol. The van der Waals surface area contributed by atoms with E-state index in [1.807, 2.05) is 6.07 Å². The summed E-state index contributed by atoms with van der Waals surface area (Å²) in [5.74, 6) is 0.294. The maximum Gasteiger partial charge on any atom is 0.239 e. The second-order valence-electron chi connectivity index (χ2n) is 6.46. The molecule has 2 N–H and O–H groups in total. The van der Waals surface area contributed by atoms with Gasteiger partial charge in [-0.1, -0.05) is 30.3 Å². The van der Waals surface area contributed by atoms with Crippen LogP contribution in [-0.2, 0) is 11.2 Å². The molecule has 0 aliphatic carbocycles. The lowest BCUT2D eigenvalue weighted by molar-refractivity contribution is -0.133. The number of hydrogen-bond acceptors (Lipinski definition) is 3. The first-order valence-corrected chi connectivity index (χ1v) is 8.62. The van der Waals surface area contributed by atoms with Crippen LogP contribution in [0.25, 0.3) is 0 Å². The van der Waals surface area contributed by atoms with Crippen molar-refractivity contribution in [1.82, 2.24) is 15.5 Å². The number of hydrogen-bond donors (Lipinski definition) is 2. The van der Waals surface area contributed by atoms with E-state index in [1.165, 1.54) is 18.4 Å². The van der Waals surface area contributed by atoms with E-state index in [-0.39, 0.29) is 6.04 Å². The molecule has 4 heteroatoms. The SMILES string of the molecule is O=C([C@@H]1CCCN1)N(CCc1ccccc1)C[C@@H]1CCCN1. The fourth-order valence-electron chi connectivity index (χ4n) is 3.49. The third kappa shape index (κ3) is 4.08. The van der Waals surface area contributed by atoms with Crippen molar-refractivity contribution in [3.05, 3.63) is 35.9 Å². The Balaban J connectivity index is 1.60. The number of benzene rings is 1. The maximum absolute atomic E-state index is 12.8. The van der Waals surface area contributed by atoms with Gasteiger partial charge in [-0.25, -0.2) is 0 Å². The Morgan fingerprint density at radius 2 is 1.86 bits per heavy atom. The zero-order chi connectivity index (χ0) is 15.2. The van der Waals surface area contributed by atoms with E-state index in [9.17, 15) is 4.79 Å². The summed E-state index contributed by atoms with van der Waals surface area (Å²) >= 11 is 0. The number of carbonyl (C=O) groups excluding carboxylic acids is 1. The molecular weight excluding hydrogens is 274 g/mol. The molecule has 0 aromatic heterocycles. The van der Waals surface area contributed by atoms with E-state index >= 15 is 0 Å². The van der Waals surface area contributed by atoms with Gasteiger partial charge in [0.05, 0.1) is 6.04 Å². The molecule has 0 spiro atoms. The van der Waals surface area contributed by atoms with Crippen LogP contribution < -0.4 is 10.6 Å². The second-order valence-corrected chi connectivity index (χ2v) is 6.46. The predicted molar refractivity (Wildman–Crippen MR) is 88.8 cm³/mol. The van der Waals surface area contributed by atoms with Gasteiger partial charge in [-0.2, -0.15) is 0 Å². The Kier molecular flexibility index (Phi) is 5.46. The Morgan fingerprint density at radius 1 is 1.09 bits per heavy atom. The van der Waals surface area contributed by atoms with E-state index in [4.69, 9.17) is 0 Å². The van der Waals surface area contributed by atoms with Crippen molar-refractivity contribution in [3.63, 3.8) is 0 Å². The zero-order valence-electron chi connectivity index (χ0n) is 13.3. The van der Waals surface area contributed by atoms with Gasteiger partial charge in [-0.05, 0) is 50.8 Å². The first-order valence-electron chi connectivity index (χ1n) is 8.62. The summed E-state index contributed by atoms with van der Waals surface area (Å²) < 4.78 is 0. The Hall–Kier alpha value is -1.39. The molecule has 2 aliphatic heterocycles. The van der Waals surface area contributed by atoms with Gasteiger partial charge in [0.15, 0.2) is 0 Å². The molecule has 0 bridgehead atoms. The molecule has 0 saturated carbocycles. The van der Waals surface area contributed by atoms with E-state index in [0.717, 1.165) is 45.4 Å². The molecule has 2 atom stereocenters. The van der Waals surface area contributed by atoms with E-state index in [2.05, 4.69) is 39.8 Å². The minimum atomic E-state index is 0.0391. The highest BCUT2D eigenvalue weighted by Crippen LogP contribution is 2.13. The molecule has 2 aliphatic rings. The van der Waals surface area contributed by atoms with Crippen LogP contribution in [0, 0.1) is 0 Å². The number of rotatable bonds is 6. The highest BCUT2D eigenvalue weighted by Gasteiger charge is 2.28. The quantitative estimate of drug-likeness (QED) is 0.838. The number of amides is 1. The van der Waals surface area contributed by atoms with E-state index < -0.39 is 0 Å². The van der Waals surface area contributed by atoms with Crippen LogP contribution in [0.1, 0.15) is 31.2 Å². The maximum atomic E-state index is 12.8. The van der Waals surface area contributed by atoms with Gasteiger partial charge in [0.25, 0.3) is 0 Å². The fraction of sp³-hybridized carbons (Fsp3) is 0.611. The summed E-state index contributed by atoms with van der Waals surface area (Å²) in [6, 6.07) is 11.0. The molecule has 0 radical (unpaired) electrons. The minimum absolute atomic E-state index is 0.0391. The summed E-state index contributed by atoms with van der Waals surface area (Å²) in [6.07, 6.45) is 5.45. The second kappa shape index (κ2) is 7.75. The fourth-order valence-corrected chi connectivity index (χ4v) is 3.49. The summed E-state index contributed by atoms with van der Waals surface area (Å²) in [4.78, 5) is 14.9. The van der Waals surface area contributed by atoms with Crippen molar-refractivity contribution in [2.75, 3.05) is 26.2 Å². The van der Waals surface area contributed by atoms with Gasteiger partial charge in [0, 0.05) is 19.1 Å². The minimum Gasteiger partial charge on any atom is -0.339 e. The molecule has 4 nitrogen and oxygen atoms in total. The molecule has 22 heavy (non-hydrogen) atoms. The van der Waals surface area contributed by atoms with Crippen molar-refractivity contribution in [1.29, 1.82) is 0 Å². The van der Waals surface area contributed by atoms with E-state index in [0.29, 0.717) is 11.9 Å². The third-order valence-electron chi connectivity index (χ3n) is 4.79. The first kappa shape index (κ1) is 15.5. The van der Waals surface area contributed by atoms with Crippen molar-refractivity contribution in [2.45, 2.75) is 44.2 Å². The zero-order valence-corrected chi connectivity index (χ0v) is 13.3. The molecule has 1 aromatic carbocycles. The third-order valence-corrected chi connectivity index (χ3v) is 4.79. The van der Waals surface area contributed by atoms with Crippen LogP contribution in [-0.4, -0.2) is 49.1 Å². The van der Waals surface area contributed by atoms with Crippen LogP contribution in [0.2, 0.25) is 0 Å². The number of carbonyl (C=O) groups is 1. The van der Waals surface area contributed by atoms with Crippen molar-refractivity contribution < 1.29 is 4.79 Å². The molecule has 0 unspecified atom stereocenters. The first-order chi connectivity index (χ1) is 10.8.